The van der Waals surface area contributed by atoms with Crippen molar-refractivity contribution in [3.8, 4) is 16.2 Å². The largest absolute Gasteiger partial charge is 0.417 e. The Hall–Kier alpha value is -4.48. The minimum atomic E-state index is -0.533. The quantitative estimate of drug-likeness (QED) is 0.296. The van der Waals surface area contributed by atoms with E-state index >= 15 is 0 Å². The second-order valence-corrected chi connectivity index (χ2v) is 12.6. The number of anilines is 3. The molecule has 0 radical (unpaired) electrons. The minimum absolute atomic E-state index is 0.0356. The summed E-state index contributed by atoms with van der Waals surface area (Å²) in [5.74, 6) is 0.529. The van der Waals surface area contributed by atoms with Crippen LogP contribution in [0.5, 0.6) is 5.06 Å². The zero-order chi connectivity index (χ0) is 31.0. The monoisotopic (exact) mass is 612 g/mol. The number of benzene rings is 1. The predicted octanol–water partition coefficient (Wildman–Crippen LogP) is 5.50. The molecule has 4 heterocycles. The Morgan fingerprint density at radius 1 is 1.02 bits per heavy atom. The van der Waals surface area contributed by atoms with Crippen LogP contribution in [-0.2, 0) is 24.7 Å². The number of aryl methyl sites for hydroxylation is 3. The molecule has 44 heavy (non-hydrogen) atoms. The average molecular weight is 613 g/mol. The molecule has 4 aromatic rings. The maximum absolute atomic E-state index is 13.1. The first-order valence-corrected chi connectivity index (χ1v) is 15.6. The second kappa shape index (κ2) is 12.3. The molecule has 2 N–H and O–H groups in total. The zero-order valence-corrected chi connectivity index (χ0v) is 26.2. The summed E-state index contributed by atoms with van der Waals surface area (Å²) in [4.78, 5) is 48.2. The molecule has 6 rings (SSSR count). The van der Waals surface area contributed by atoms with Crippen molar-refractivity contribution in [2.75, 3.05) is 37.8 Å². The molecule has 3 aromatic heterocycles. The van der Waals surface area contributed by atoms with E-state index in [1.165, 1.54) is 27.8 Å². The van der Waals surface area contributed by atoms with E-state index in [0.29, 0.717) is 28.8 Å². The third-order valence-electron chi connectivity index (χ3n) is 8.44. The molecule has 0 spiro atoms. The first-order chi connectivity index (χ1) is 21.2. The summed E-state index contributed by atoms with van der Waals surface area (Å²) < 4.78 is 7.16. The van der Waals surface area contributed by atoms with E-state index in [9.17, 15) is 14.4 Å². The third-order valence-corrected chi connectivity index (χ3v) is 9.55. The van der Waals surface area contributed by atoms with Crippen LogP contribution in [0, 0.1) is 6.92 Å². The van der Waals surface area contributed by atoms with Gasteiger partial charge >= 0.3 is 6.09 Å². The molecule has 1 fully saturated rings. The minimum Gasteiger partial charge on any atom is -0.399 e. The van der Waals surface area contributed by atoms with Gasteiger partial charge in [-0.15, -0.1) is 11.3 Å². The number of nitrogens with one attached hydrogen (secondary N) is 2. The van der Waals surface area contributed by atoms with Crippen LogP contribution >= 0.6 is 11.3 Å². The van der Waals surface area contributed by atoms with Crippen LogP contribution in [0.2, 0.25) is 0 Å². The zero-order valence-electron chi connectivity index (χ0n) is 25.3. The normalized spacial score (nSPS) is 16.9. The number of hydrogen-bond acceptors (Lipinski definition) is 8. The molecule has 0 saturated carbocycles. The molecule has 10 nitrogen and oxygen atoms in total. The lowest BCUT2D eigenvalue weighted by molar-refractivity contribution is -0.139. The van der Waals surface area contributed by atoms with Gasteiger partial charge in [-0.1, -0.05) is 18.2 Å². The number of carbonyl (C=O) groups excluding carboxylic acids is 2. The Morgan fingerprint density at radius 2 is 1.84 bits per heavy atom. The lowest BCUT2D eigenvalue weighted by Crippen LogP contribution is -2.49. The van der Waals surface area contributed by atoms with Crippen LogP contribution in [0.1, 0.15) is 40.5 Å². The predicted molar refractivity (Wildman–Crippen MR) is 173 cm³/mol. The molecule has 2 amide bonds. The van der Waals surface area contributed by atoms with Crippen molar-refractivity contribution in [3.63, 3.8) is 0 Å². The van der Waals surface area contributed by atoms with E-state index in [2.05, 4.69) is 15.6 Å². The number of hydrogen-bond donors (Lipinski definition) is 2. The van der Waals surface area contributed by atoms with Gasteiger partial charge in [0.2, 0.25) is 5.91 Å². The molecule has 2 aliphatic rings. The van der Waals surface area contributed by atoms with Crippen LogP contribution in [0.4, 0.5) is 22.0 Å². The van der Waals surface area contributed by atoms with Crippen molar-refractivity contribution in [2.24, 2.45) is 7.05 Å². The smallest absolute Gasteiger partial charge is 0.399 e. The van der Waals surface area contributed by atoms with Crippen molar-refractivity contribution < 1.29 is 14.3 Å². The van der Waals surface area contributed by atoms with Gasteiger partial charge < -0.3 is 19.5 Å². The highest BCUT2D eigenvalue weighted by atomic mass is 32.1. The van der Waals surface area contributed by atoms with Crippen molar-refractivity contribution >= 4 is 40.5 Å². The third kappa shape index (κ3) is 5.97. The molecule has 1 aliphatic heterocycles. The fourth-order valence-electron chi connectivity index (χ4n) is 5.89. The summed E-state index contributed by atoms with van der Waals surface area (Å²) in [5.41, 5.74) is 5.35. The van der Waals surface area contributed by atoms with Crippen LogP contribution in [-0.4, -0.2) is 58.5 Å². The van der Waals surface area contributed by atoms with Gasteiger partial charge in [-0.05, 0) is 86.2 Å². The van der Waals surface area contributed by atoms with Crippen molar-refractivity contribution in [2.45, 2.75) is 38.6 Å². The molecule has 1 atom stereocenters. The van der Waals surface area contributed by atoms with Crippen molar-refractivity contribution in [3.05, 3.63) is 86.8 Å². The number of ether oxygens (including phenoxy) is 1. The summed E-state index contributed by atoms with van der Waals surface area (Å²) in [5, 5.41) is 6.66. The first kappa shape index (κ1) is 29.6. The average Bonchev–Trinajstić information content (AvgIpc) is 3.41. The number of rotatable bonds is 6. The summed E-state index contributed by atoms with van der Waals surface area (Å²) in [6.07, 6.45) is 7.34. The van der Waals surface area contributed by atoms with E-state index in [4.69, 9.17) is 4.74 Å². The van der Waals surface area contributed by atoms with E-state index in [0.717, 1.165) is 41.6 Å². The molecular weight excluding hydrogens is 576 g/mol. The number of amides is 2. The molecule has 1 saturated heterocycles. The Labute approximate surface area is 260 Å². The van der Waals surface area contributed by atoms with Crippen LogP contribution in [0.3, 0.4) is 0 Å². The Balaban J connectivity index is 1.20. The highest BCUT2D eigenvalue weighted by Gasteiger charge is 2.32. The van der Waals surface area contributed by atoms with E-state index < -0.39 is 6.09 Å². The first-order valence-electron chi connectivity index (χ1n) is 14.8. The summed E-state index contributed by atoms with van der Waals surface area (Å²) in [6, 6.07) is 12.7. The van der Waals surface area contributed by atoms with Gasteiger partial charge in [0, 0.05) is 55.7 Å². The summed E-state index contributed by atoms with van der Waals surface area (Å²) in [6.45, 7) is 3.40. The second-order valence-electron chi connectivity index (χ2n) is 11.5. The number of carbonyl (C=O) groups is 2. The Bertz CT molecular complexity index is 1760. The lowest BCUT2D eigenvalue weighted by atomic mass is 10.00. The van der Waals surface area contributed by atoms with Gasteiger partial charge in [0.05, 0.1) is 0 Å². The molecule has 1 unspecified atom stereocenters. The number of likely N-dealkylation sites (N-methyl/N-ethyl adjacent to an activating group) is 2. The maximum atomic E-state index is 13.1. The van der Waals surface area contributed by atoms with Gasteiger partial charge in [0.1, 0.15) is 17.5 Å². The highest BCUT2D eigenvalue weighted by Crippen LogP contribution is 2.35. The topological polar surface area (TPSA) is 109 Å². The molecule has 1 aliphatic carbocycles. The SMILES string of the molecule is Cc1c(NC(=O)Oc2cc3c(s2)CCCC3)cccc1-c1cc(Nc2ccc(C3C(=O)N(C)CCN3C)cn2)c(=O)n(C)c1. The van der Waals surface area contributed by atoms with Gasteiger partial charge in [0.25, 0.3) is 5.56 Å². The number of pyridine rings is 2. The lowest BCUT2D eigenvalue weighted by Gasteiger charge is -2.36. The van der Waals surface area contributed by atoms with Gasteiger partial charge in [-0.25, -0.2) is 9.78 Å². The van der Waals surface area contributed by atoms with E-state index in [1.54, 1.807) is 47.8 Å². The van der Waals surface area contributed by atoms with Crippen molar-refractivity contribution in [1.82, 2.24) is 19.4 Å². The number of aromatic nitrogens is 2. The van der Waals surface area contributed by atoms with Gasteiger partial charge in [-0.2, -0.15) is 0 Å². The number of nitrogens with zero attached hydrogens (tertiary/aromatic N) is 4. The fourth-order valence-corrected chi connectivity index (χ4v) is 6.99. The number of piperazine rings is 1. The number of fused-ring (bicyclic) bond motifs is 1. The molecule has 1 aromatic carbocycles. The van der Waals surface area contributed by atoms with Crippen LogP contribution < -0.4 is 20.9 Å². The number of thiophene rings is 1. The van der Waals surface area contributed by atoms with Crippen molar-refractivity contribution in [1.29, 1.82) is 0 Å². The van der Waals surface area contributed by atoms with E-state index in [1.807, 2.05) is 56.3 Å². The summed E-state index contributed by atoms with van der Waals surface area (Å²) in [7, 11) is 5.44. The molecule has 11 heteroatoms. The fraction of sp³-hybridized carbons (Fsp3) is 0.333. The standard InChI is InChI=1S/C33H36N6O4S/c1-20-24(9-7-10-25(20)36-33(42)43-29-17-21-8-5-6-11-27(21)44-29)23-16-26(31(40)39(4)19-23)35-28-13-12-22(18-34-28)30-32(41)38(3)15-14-37(30)2/h7,9-10,12-13,16-19,30H,5-6,8,11,14-15H2,1-4H3,(H,34,35)(H,36,42). The van der Waals surface area contributed by atoms with E-state index in [-0.39, 0.29) is 17.5 Å². The van der Waals surface area contributed by atoms with Gasteiger partial charge in [-0.3, -0.25) is 19.8 Å². The van der Waals surface area contributed by atoms with Crippen LogP contribution in [0.15, 0.2) is 59.7 Å². The molecular formula is C33H36N6O4S. The Kier molecular flexibility index (Phi) is 8.24. The van der Waals surface area contributed by atoms with Crippen LogP contribution in [0.25, 0.3) is 11.1 Å². The maximum Gasteiger partial charge on any atom is 0.417 e. The highest BCUT2D eigenvalue weighted by molar-refractivity contribution is 7.14. The molecule has 0 bridgehead atoms. The van der Waals surface area contributed by atoms with Gasteiger partial charge in [0.15, 0.2) is 5.06 Å². The molecule has 228 valence electrons. The summed E-state index contributed by atoms with van der Waals surface area (Å²) >= 11 is 1.55. The Morgan fingerprint density at radius 3 is 2.61 bits per heavy atom.